The van der Waals surface area contributed by atoms with Crippen LogP contribution in [-0.2, 0) is 19.6 Å². The monoisotopic (exact) mass is 405 g/mol. The van der Waals surface area contributed by atoms with Gasteiger partial charge in [0.2, 0.25) is 5.91 Å². The minimum absolute atomic E-state index is 0.0621. The summed E-state index contributed by atoms with van der Waals surface area (Å²) in [4.78, 5) is 24.9. The molecule has 2 amide bonds. The van der Waals surface area contributed by atoms with E-state index in [1.165, 1.54) is 31.2 Å². The van der Waals surface area contributed by atoms with Crippen LogP contribution in [0.5, 0.6) is 5.75 Å². The fraction of sp³-hybridized carbons (Fsp3) is 0.263. The number of hydrogen-bond acceptors (Lipinski definition) is 5. The van der Waals surface area contributed by atoms with Gasteiger partial charge in [-0.05, 0) is 41.8 Å². The Hall–Kier alpha value is -2.91. The Morgan fingerprint density at radius 3 is 2.29 bits per heavy atom. The van der Waals surface area contributed by atoms with Crippen LogP contribution >= 0.6 is 0 Å². The standard InChI is InChI=1S/C19H23N3O5S/c1-13(2)17-6-4-5-7-18(17)27-12-19(24)21-22-28(25,26)16-10-8-15(9-11-16)20-14(3)23/h4-11,13,22H,12H2,1-3H3,(H,20,23)(H,21,24). The summed E-state index contributed by atoms with van der Waals surface area (Å²) in [6.07, 6.45) is 0. The Bertz CT molecular complexity index is 940. The molecule has 0 spiro atoms. The van der Waals surface area contributed by atoms with Gasteiger partial charge in [0.15, 0.2) is 6.61 Å². The van der Waals surface area contributed by atoms with E-state index in [0.29, 0.717) is 11.4 Å². The third-order valence-electron chi connectivity index (χ3n) is 3.71. The number of hydrogen-bond donors (Lipinski definition) is 3. The van der Waals surface area contributed by atoms with Crippen LogP contribution in [0.3, 0.4) is 0 Å². The van der Waals surface area contributed by atoms with Crippen LogP contribution in [0, 0.1) is 0 Å². The van der Waals surface area contributed by atoms with Crippen LogP contribution in [0.2, 0.25) is 0 Å². The first-order valence-electron chi connectivity index (χ1n) is 8.59. The Morgan fingerprint density at radius 1 is 1.04 bits per heavy atom. The zero-order valence-corrected chi connectivity index (χ0v) is 16.7. The average Bonchev–Trinajstić information content (AvgIpc) is 2.65. The molecule has 2 aromatic carbocycles. The van der Waals surface area contributed by atoms with Gasteiger partial charge in [-0.3, -0.25) is 15.0 Å². The van der Waals surface area contributed by atoms with Gasteiger partial charge in [-0.15, -0.1) is 4.83 Å². The molecule has 0 unspecified atom stereocenters. The maximum absolute atomic E-state index is 12.2. The molecule has 0 aromatic heterocycles. The summed E-state index contributed by atoms with van der Waals surface area (Å²) >= 11 is 0. The molecule has 0 fully saturated rings. The maximum Gasteiger partial charge on any atom is 0.272 e. The zero-order valence-electron chi connectivity index (χ0n) is 15.9. The summed E-state index contributed by atoms with van der Waals surface area (Å²) in [7, 11) is -3.96. The number of sulfonamides is 1. The number of rotatable bonds is 8. The van der Waals surface area contributed by atoms with Gasteiger partial charge < -0.3 is 10.1 Å². The van der Waals surface area contributed by atoms with Crippen LogP contribution < -0.4 is 20.3 Å². The van der Waals surface area contributed by atoms with E-state index in [-0.39, 0.29) is 23.3 Å². The van der Waals surface area contributed by atoms with E-state index in [2.05, 4.69) is 10.7 Å². The first-order chi connectivity index (χ1) is 13.2. The fourth-order valence-electron chi connectivity index (χ4n) is 2.37. The molecule has 0 aliphatic carbocycles. The van der Waals surface area contributed by atoms with Gasteiger partial charge >= 0.3 is 0 Å². The van der Waals surface area contributed by atoms with E-state index < -0.39 is 15.9 Å². The number of nitrogens with one attached hydrogen (secondary N) is 3. The van der Waals surface area contributed by atoms with Gasteiger partial charge in [0.05, 0.1) is 4.90 Å². The third kappa shape index (κ3) is 6.07. The molecule has 0 atom stereocenters. The lowest BCUT2D eigenvalue weighted by atomic mass is 10.0. The SMILES string of the molecule is CC(=O)Nc1ccc(S(=O)(=O)NNC(=O)COc2ccccc2C(C)C)cc1. The molecule has 0 saturated heterocycles. The molecular formula is C19H23N3O5S. The smallest absolute Gasteiger partial charge is 0.272 e. The minimum atomic E-state index is -3.96. The van der Waals surface area contributed by atoms with Crippen molar-refractivity contribution in [3.63, 3.8) is 0 Å². The fourth-order valence-corrected chi connectivity index (χ4v) is 3.23. The second-order valence-corrected chi connectivity index (χ2v) is 8.02. The molecule has 0 radical (unpaired) electrons. The number of carbonyl (C=O) groups is 2. The summed E-state index contributed by atoms with van der Waals surface area (Å²) in [5, 5.41) is 2.54. The lowest BCUT2D eigenvalue weighted by molar-refractivity contribution is -0.123. The maximum atomic E-state index is 12.2. The first-order valence-corrected chi connectivity index (χ1v) is 10.1. The van der Waals surface area contributed by atoms with Crippen molar-refractivity contribution in [1.82, 2.24) is 10.3 Å². The van der Waals surface area contributed by atoms with Crippen LogP contribution in [0.15, 0.2) is 53.4 Å². The summed E-state index contributed by atoms with van der Waals surface area (Å²) in [5.41, 5.74) is 3.53. The van der Waals surface area contributed by atoms with Crippen LogP contribution in [0.1, 0.15) is 32.3 Å². The van der Waals surface area contributed by atoms with Gasteiger partial charge in [0.1, 0.15) is 5.75 Å². The molecule has 2 aromatic rings. The molecule has 0 saturated carbocycles. The van der Waals surface area contributed by atoms with Gasteiger partial charge in [-0.2, -0.15) is 0 Å². The molecule has 3 N–H and O–H groups in total. The van der Waals surface area contributed by atoms with Gasteiger partial charge in [0.25, 0.3) is 15.9 Å². The van der Waals surface area contributed by atoms with Gasteiger partial charge in [0, 0.05) is 12.6 Å². The number of anilines is 1. The largest absolute Gasteiger partial charge is 0.483 e. The third-order valence-corrected chi connectivity index (χ3v) is 4.97. The molecule has 0 aliphatic heterocycles. The number of benzene rings is 2. The summed E-state index contributed by atoms with van der Waals surface area (Å²) in [5.74, 6) is -0.112. The van der Waals surface area contributed by atoms with E-state index in [4.69, 9.17) is 4.74 Å². The van der Waals surface area contributed by atoms with Crippen molar-refractivity contribution in [1.29, 1.82) is 0 Å². The number of amides is 2. The lowest BCUT2D eigenvalue weighted by Crippen LogP contribution is -2.43. The van der Waals surface area contributed by atoms with Crippen LogP contribution in [-0.4, -0.2) is 26.8 Å². The van der Waals surface area contributed by atoms with E-state index in [1.54, 1.807) is 12.1 Å². The Morgan fingerprint density at radius 2 is 1.68 bits per heavy atom. The molecule has 28 heavy (non-hydrogen) atoms. The van der Waals surface area contributed by atoms with Crippen LogP contribution in [0.4, 0.5) is 5.69 Å². The highest BCUT2D eigenvalue weighted by Crippen LogP contribution is 2.25. The van der Waals surface area contributed by atoms with Crippen molar-refractivity contribution in [2.24, 2.45) is 0 Å². The normalized spacial score (nSPS) is 11.1. The van der Waals surface area contributed by atoms with Crippen LogP contribution in [0.25, 0.3) is 0 Å². The molecule has 0 aliphatic rings. The predicted molar refractivity (Wildman–Crippen MR) is 105 cm³/mol. The predicted octanol–water partition coefficient (Wildman–Crippen LogP) is 2.16. The highest BCUT2D eigenvalue weighted by atomic mass is 32.2. The van der Waals surface area contributed by atoms with Crippen molar-refractivity contribution < 1.29 is 22.7 Å². The highest BCUT2D eigenvalue weighted by Gasteiger charge is 2.16. The molecule has 8 nitrogen and oxygen atoms in total. The Balaban J connectivity index is 1.92. The highest BCUT2D eigenvalue weighted by molar-refractivity contribution is 7.89. The number of carbonyl (C=O) groups excluding carboxylic acids is 2. The molecule has 150 valence electrons. The first kappa shape index (κ1) is 21.4. The zero-order chi connectivity index (χ0) is 20.7. The molecular weight excluding hydrogens is 382 g/mol. The number of para-hydroxylation sites is 1. The van der Waals surface area contributed by atoms with E-state index >= 15 is 0 Å². The lowest BCUT2D eigenvalue weighted by Gasteiger charge is -2.14. The second kappa shape index (κ2) is 9.34. The quantitative estimate of drug-likeness (QED) is 0.583. The van der Waals surface area contributed by atoms with Crippen molar-refractivity contribution in [2.75, 3.05) is 11.9 Å². The Labute approximate surface area is 164 Å². The molecule has 0 heterocycles. The summed E-state index contributed by atoms with van der Waals surface area (Å²) < 4.78 is 30.0. The van der Waals surface area contributed by atoms with Gasteiger partial charge in [-0.25, -0.2) is 8.42 Å². The van der Waals surface area contributed by atoms with E-state index in [0.717, 1.165) is 5.56 Å². The van der Waals surface area contributed by atoms with Gasteiger partial charge in [-0.1, -0.05) is 32.0 Å². The molecule has 0 bridgehead atoms. The second-order valence-electron chi connectivity index (χ2n) is 6.34. The summed E-state index contributed by atoms with van der Waals surface area (Å²) in [6.45, 7) is 5.03. The van der Waals surface area contributed by atoms with Crippen molar-refractivity contribution >= 4 is 27.5 Å². The molecule has 9 heteroatoms. The average molecular weight is 405 g/mol. The topological polar surface area (TPSA) is 114 Å². The van der Waals surface area contributed by atoms with E-state index in [1.807, 2.05) is 30.8 Å². The van der Waals surface area contributed by atoms with Crippen molar-refractivity contribution in [3.8, 4) is 5.75 Å². The van der Waals surface area contributed by atoms with Crippen molar-refractivity contribution in [3.05, 3.63) is 54.1 Å². The minimum Gasteiger partial charge on any atom is -0.483 e. The van der Waals surface area contributed by atoms with Crippen molar-refractivity contribution in [2.45, 2.75) is 31.6 Å². The number of ether oxygens (including phenoxy) is 1. The Kier molecular flexibility index (Phi) is 7.13. The molecule has 2 rings (SSSR count). The number of hydrazine groups is 1. The summed E-state index contributed by atoms with van der Waals surface area (Å²) in [6, 6.07) is 12.9. The van der Waals surface area contributed by atoms with E-state index in [9.17, 15) is 18.0 Å².